The van der Waals surface area contributed by atoms with Crippen LogP contribution in [0.15, 0.2) is 41.6 Å². The van der Waals surface area contributed by atoms with Crippen LogP contribution in [0, 0.1) is 0 Å². The van der Waals surface area contributed by atoms with E-state index in [2.05, 4.69) is 10.5 Å². The molecule has 0 aliphatic heterocycles. The summed E-state index contributed by atoms with van der Waals surface area (Å²) in [6, 6.07) is 10.2. The molecule has 8 heteroatoms. The molecule has 25 heavy (non-hydrogen) atoms. The molecule has 0 fully saturated rings. The van der Waals surface area contributed by atoms with E-state index in [0.29, 0.717) is 26.4 Å². The third-order valence-electron chi connectivity index (χ3n) is 3.26. The molecule has 0 saturated carbocycles. The van der Waals surface area contributed by atoms with Gasteiger partial charge in [0, 0.05) is 18.7 Å². The van der Waals surface area contributed by atoms with Gasteiger partial charge in [0.25, 0.3) is 5.91 Å². The smallest absolute Gasteiger partial charge is 0.273 e. The molecule has 2 aromatic carbocycles. The molecule has 132 valence electrons. The lowest BCUT2D eigenvalue weighted by atomic mass is 10.0. The van der Waals surface area contributed by atoms with Crippen LogP contribution in [0.5, 0.6) is 5.75 Å². The highest BCUT2D eigenvalue weighted by Gasteiger charge is 2.18. The minimum atomic E-state index is -0.373. The largest absolute Gasteiger partial charge is 0.487 e. The summed E-state index contributed by atoms with van der Waals surface area (Å²) < 4.78 is 5.74. The highest BCUT2D eigenvalue weighted by Crippen LogP contribution is 2.34. The zero-order valence-electron chi connectivity index (χ0n) is 13.5. The molecule has 0 heterocycles. The fourth-order valence-corrected chi connectivity index (χ4v) is 2.66. The summed E-state index contributed by atoms with van der Waals surface area (Å²) in [5.41, 5.74) is 1.45. The van der Waals surface area contributed by atoms with Crippen LogP contribution in [-0.4, -0.2) is 25.8 Å². The van der Waals surface area contributed by atoms with E-state index < -0.39 is 0 Å². The number of nitrogens with zero attached hydrogens (tertiary/aromatic N) is 1. The summed E-state index contributed by atoms with van der Waals surface area (Å²) in [4.78, 5) is 16.8. The molecule has 0 atom stereocenters. The Balaban J connectivity index is 2.31. The number of benzene rings is 2. The number of hydrogen-bond acceptors (Lipinski definition) is 4. The van der Waals surface area contributed by atoms with Crippen molar-refractivity contribution in [2.45, 2.75) is 6.61 Å². The Morgan fingerprint density at radius 2 is 1.80 bits per heavy atom. The van der Waals surface area contributed by atoms with Gasteiger partial charge >= 0.3 is 0 Å². The average molecular weight is 402 g/mol. The van der Waals surface area contributed by atoms with Crippen molar-refractivity contribution in [3.63, 3.8) is 0 Å². The van der Waals surface area contributed by atoms with E-state index >= 15 is 0 Å². The first-order chi connectivity index (χ1) is 12.0. The second-order valence-corrected chi connectivity index (χ2v) is 6.07. The first-order valence-corrected chi connectivity index (χ1v) is 8.30. The average Bonchev–Trinajstić information content (AvgIpc) is 2.61. The Labute approximate surface area is 160 Å². The predicted octanol–water partition coefficient (Wildman–Crippen LogP) is 4.32. The summed E-state index contributed by atoms with van der Waals surface area (Å²) in [5, 5.41) is 7.35. The number of carbonyl (C=O) groups is 1. The molecule has 0 spiro atoms. The van der Waals surface area contributed by atoms with Crippen LogP contribution in [0.25, 0.3) is 0 Å². The highest BCUT2D eigenvalue weighted by atomic mass is 35.5. The molecule has 2 rings (SSSR count). The molecule has 0 aliphatic rings. The molecular weight excluding hydrogens is 387 g/mol. The molecule has 5 nitrogen and oxygen atoms in total. The van der Waals surface area contributed by atoms with Crippen LogP contribution < -0.4 is 10.1 Å². The molecular formula is C17H15Cl3N2O3. The number of ether oxygens (including phenoxy) is 1. The standard InChI is InChI=1S/C17H15Cl3N2O3/c1-21-17(23)16(22-24-2)11-6-4-3-5-10(11)9-25-15-8-13(19)12(18)7-14(15)20/h3-8H,9H2,1-2H3,(H,21,23)/b22-16+. The molecule has 1 N–H and O–H groups in total. The van der Waals surface area contributed by atoms with E-state index in [1.807, 2.05) is 12.1 Å². The van der Waals surface area contributed by atoms with Gasteiger partial charge in [-0.2, -0.15) is 0 Å². The number of rotatable bonds is 6. The molecule has 0 unspecified atom stereocenters. The van der Waals surface area contributed by atoms with Crippen molar-refractivity contribution < 1.29 is 14.4 Å². The van der Waals surface area contributed by atoms with E-state index in [9.17, 15) is 4.79 Å². The Morgan fingerprint density at radius 1 is 1.12 bits per heavy atom. The predicted molar refractivity (Wildman–Crippen MR) is 99.9 cm³/mol. The van der Waals surface area contributed by atoms with Gasteiger partial charge in [0.2, 0.25) is 0 Å². The van der Waals surface area contributed by atoms with E-state index in [1.165, 1.54) is 26.3 Å². The van der Waals surface area contributed by atoms with Gasteiger partial charge in [0.15, 0.2) is 5.71 Å². The lowest BCUT2D eigenvalue weighted by Crippen LogP contribution is -2.29. The minimum Gasteiger partial charge on any atom is -0.487 e. The molecule has 0 aromatic heterocycles. The van der Waals surface area contributed by atoms with Crippen molar-refractivity contribution in [2.75, 3.05) is 14.2 Å². The maximum atomic E-state index is 12.0. The summed E-state index contributed by atoms with van der Waals surface area (Å²) in [6.45, 7) is 0.146. The van der Waals surface area contributed by atoms with Gasteiger partial charge < -0.3 is 14.9 Å². The van der Waals surface area contributed by atoms with Crippen molar-refractivity contribution in [1.82, 2.24) is 5.32 Å². The number of halogens is 3. The van der Waals surface area contributed by atoms with Gasteiger partial charge in [-0.1, -0.05) is 64.2 Å². The summed E-state index contributed by atoms with van der Waals surface area (Å²) in [5.74, 6) is 0.0120. The van der Waals surface area contributed by atoms with Crippen LogP contribution >= 0.6 is 34.8 Å². The third kappa shape index (κ3) is 4.78. The first-order valence-electron chi connectivity index (χ1n) is 7.16. The number of likely N-dealkylation sites (N-methyl/N-ethyl adjacent to an activating group) is 1. The molecule has 0 aliphatic carbocycles. The van der Waals surface area contributed by atoms with Crippen LogP contribution in [0.1, 0.15) is 11.1 Å². The van der Waals surface area contributed by atoms with Gasteiger partial charge in [-0.3, -0.25) is 4.79 Å². The van der Waals surface area contributed by atoms with Gasteiger partial charge in [-0.05, 0) is 11.6 Å². The number of hydrogen-bond donors (Lipinski definition) is 1. The maximum absolute atomic E-state index is 12.0. The third-order valence-corrected chi connectivity index (χ3v) is 4.27. The number of carbonyl (C=O) groups excluding carboxylic acids is 1. The monoisotopic (exact) mass is 400 g/mol. The van der Waals surface area contributed by atoms with Crippen molar-refractivity contribution in [2.24, 2.45) is 5.16 Å². The van der Waals surface area contributed by atoms with Crippen molar-refractivity contribution >= 4 is 46.4 Å². The molecule has 0 radical (unpaired) electrons. The fraction of sp³-hybridized carbons (Fsp3) is 0.176. The lowest BCUT2D eigenvalue weighted by Gasteiger charge is -2.13. The van der Waals surface area contributed by atoms with Crippen LogP contribution in [0.3, 0.4) is 0 Å². The van der Waals surface area contributed by atoms with E-state index in [4.69, 9.17) is 44.4 Å². The van der Waals surface area contributed by atoms with Gasteiger partial charge in [-0.25, -0.2) is 0 Å². The summed E-state index contributed by atoms with van der Waals surface area (Å²) in [6.07, 6.45) is 0. The SMILES string of the molecule is CNC(=O)/C(=N/OC)c1ccccc1COc1cc(Cl)c(Cl)cc1Cl. The highest BCUT2D eigenvalue weighted by molar-refractivity contribution is 6.45. The Morgan fingerprint density at radius 3 is 2.48 bits per heavy atom. The first kappa shape index (κ1) is 19.4. The molecule has 2 aromatic rings. The lowest BCUT2D eigenvalue weighted by molar-refractivity contribution is -0.114. The van der Waals surface area contributed by atoms with Gasteiger partial charge in [-0.15, -0.1) is 0 Å². The van der Waals surface area contributed by atoms with Crippen LogP contribution in [0.4, 0.5) is 0 Å². The number of amides is 1. The zero-order valence-corrected chi connectivity index (χ0v) is 15.7. The van der Waals surface area contributed by atoms with Crippen molar-refractivity contribution in [1.29, 1.82) is 0 Å². The Kier molecular flexibility index (Phi) is 6.93. The molecule has 1 amide bonds. The Bertz CT molecular complexity index is 810. The minimum absolute atomic E-state index is 0.143. The second-order valence-electron chi connectivity index (χ2n) is 4.84. The summed E-state index contributed by atoms with van der Waals surface area (Å²) in [7, 11) is 2.89. The normalized spacial score (nSPS) is 11.2. The topological polar surface area (TPSA) is 59.9 Å². The fourth-order valence-electron chi connectivity index (χ4n) is 2.07. The van der Waals surface area contributed by atoms with Gasteiger partial charge in [0.1, 0.15) is 19.5 Å². The van der Waals surface area contributed by atoms with Crippen LogP contribution in [-0.2, 0) is 16.2 Å². The molecule has 0 saturated heterocycles. The van der Waals surface area contributed by atoms with Crippen molar-refractivity contribution in [3.8, 4) is 5.75 Å². The van der Waals surface area contributed by atoms with Crippen LogP contribution in [0.2, 0.25) is 15.1 Å². The van der Waals surface area contributed by atoms with Crippen molar-refractivity contribution in [3.05, 3.63) is 62.6 Å². The van der Waals surface area contributed by atoms with E-state index in [0.717, 1.165) is 5.56 Å². The zero-order chi connectivity index (χ0) is 18.4. The molecule has 0 bridgehead atoms. The summed E-state index contributed by atoms with van der Waals surface area (Å²) >= 11 is 18.0. The quantitative estimate of drug-likeness (QED) is 0.445. The number of nitrogens with one attached hydrogen (secondary N) is 1. The second kappa shape index (κ2) is 8.94. The maximum Gasteiger partial charge on any atom is 0.273 e. The number of oxime groups is 1. The van der Waals surface area contributed by atoms with E-state index in [1.54, 1.807) is 12.1 Å². The van der Waals surface area contributed by atoms with Gasteiger partial charge in [0.05, 0.1) is 15.1 Å². The van der Waals surface area contributed by atoms with E-state index in [-0.39, 0.29) is 18.2 Å². The Hall–Kier alpha value is -1.95.